The third-order valence-corrected chi connectivity index (χ3v) is 2.67. The molecule has 2 N–H and O–H groups in total. The van der Waals surface area contributed by atoms with Gasteiger partial charge in [-0.05, 0) is 12.1 Å². The highest BCUT2D eigenvalue weighted by Crippen LogP contribution is 2.36. The summed E-state index contributed by atoms with van der Waals surface area (Å²) >= 11 is 0. The normalized spacial score (nSPS) is 12.2. The van der Waals surface area contributed by atoms with Gasteiger partial charge in [0.05, 0.1) is 11.3 Å². The number of hydrogen-bond donors (Lipinski definition) is 2. The fourth-order valence-corrected chi connectivity index (χ4v) is 1.71. The number of benzene rings is 1. The van der Waals surface area contributed by atoms with Gasteiger partial charge in [0.2, 0.25) is 0 Å². The van der Waals surface area contributed by atoms with Crippen molar-refractivity contribution in [3.05, 3.63) is 41.1 Å². The molecule has 1 aliphatic carbocycles. The van der Waals surface area contributed by atoms with Crippen LogP contribution in [0.3, 0.4) is 0 Å². The van der Waals surface area contributed by atoms with Crippen LogP contribution in [0.4, 0.5) is 13.2 Å². The molecule has 0 radical (unpaired) electrons. The maximum absolute atomic E-state index is 12.3. The van der Waals surface area contributed by atoms with Crippen molar-refractivity contribution in [3.63, 3.8) is 0 Å². The molecule has 0 atom stereocenters. The average Bonchev–Trinajstić information content (AvgIpc) is 3.01. The monoisotopic (exact) mass is 270 g/mol. The molecule has 100 valence electrons. The average molecular weight is 270 g/mol. The summed E-state index contributed by atoms with van der Waals surface area (Å²) in [6, 6.07) is 5.08. The lowest BCUT2D eigenvalue weighted by Gasteiger charge is -2.06. The van der Waals surface area contributed by atoms with Gasteiger partial charge in [-0.25, -0.2) is 0 Å². The van der Waals surface area contributed by atoms with Crippen LogP contribution in [-0.4, -0.2) is 21.8 Å². The first kappa shape index (κ1) is 13.1. The molecule has 0 unspecified atom stereocenters. The molecule has 0 saturated heterocycles. The van der Waals surface area contributed by atoms with Gasteiger partial charge in [-0.15, -0.1) is 0 Å². The molecule has 0 fully saturated rings. The van der Waals surface area contributed by atoms with E-state index in [1.807, 2.05) is 0 Å². The molecule has 3 rings (SSSR count). The number of alkyl halides is 3. The lowest BCUT2D eigenvalue weighted by molar-refractivity contribution is -0.137. The molecule has 0 spiro atoms. The number of carbonyl (C=O) groups is 1. The van der Waals surface area contributed by atoms with Crippen molar-refractivity contribution in [1.82, 2.24) is 10.2 Å². The van der Waals surface area contributed by atoms with Crippen molar-refractivity contribution in [3.8, 4) is 11.3 Å². The van der Waals surface area contributed by atoms with E-state index in [1.54, 1.807) is 0 Å². The minimum Gasteiger partial charge on any atom is -0.483 e. The van der Waals surface area contributed by atoms with E-state index in [1.165, 1.54) is 12.1 Å². The number of aromatic amines is 1. The Kier molecular flexibility index (Phi) is 3.28. The zero-order valence-corrected chi connectivity index (χ0v) is 9.53. The molecule has 19 heavy (non-hydrogen) atoms. The molecule has 1 aromatic heterocycles. The summed E-state index contributed by atoms with van der Waals surface area (Å²) in [6.07, 6.45) is -3.40. The van der Waals surface area contributed by atoms with Gasteiger partial charge < -0.3 is 5.11 Å². The van der Waals surface area contributed by atoms with Crippen LogP contribution < -0.4 is 0 Å². The van der Waals surface area contributed by atoms with Crippen molar-refractivity contribution in [2.75, 3.05) is 0 Å². The number of nitrogens with zero attached hydrogens (tertiary/aromatic N) is 1. The van der Waals surface area contributed by atoms with Crippen LogP contribution in [0.25, 0.3) is 11.3 Å². The maximum Gasteiger partial charge on any atom is 0.416 e. The number of H-pyrrole nitrogens is 1. The third-order valence-electron chi connectivity index (χ3n) is 2.67. The predicted molar refractivity (Wildman–Crippen MR) is 60.5 cm³/mol. The second-order valence-electron chi connectivity index (χ2n) is 3.89. The second kappa shape index (κ2) is 4.75. The van der Waals surface area contributed by atoms with Crippen LogP contribution in [0, 0.1) is 0 Å². The van der Waals surface area contributed by atoms with E-state index in [2.05, 4.69) is 10.2 Å². The lowest BCUT2D eigenvalue weighted by atomic mass is 10.1. The van der Waals surface area contributed by atoms with Gasteiger partial charge in [0, 0.05) is 23.2 Å². The highest BCUT2D eigenvalue weighted by molar-refractivity contribution is 5.69. The number of halogens is 3. The van der Waals surface area contributed by atoms with E-state index in [0.29, 0.717) is 0 Å². The van der Waals surface area contributed by atoms with Gasteiger partial charge in [0.1, 0.15) is 0 Å². The summed E-state index contributed by atoms with van der Waals surface area (Å²) < 4.78 is 37.0. The van der Waals surface area contributed by atoms with Crippen LogP contribution in [0.15, 0.2) is 24.3 Å². The lowest BCUT2D eigenvalue weighted by Crippen LogP contribution is -2.04. The van der Waals surface area contributed by atoms with Gasteiger partial charge in [-0.1, -0.05) is 12.1 Å². The second-order valence-corrected chi connectivity index (χ2v) is 3.89. The smallest absolute Gasteiger partial charge is 0.416 e. The Balaban J connectivity index is 0.000000408. The highest BCUT2D eigenvalue weighted by atomic mass is 19.4. The predicted octanol–water partition coefficient (Wildman–Crippen LogP) is 2.70. The summed E-state index contributed by atoms with van der Waals surface area (Å²) in [6.45, 7) is -0.250. The largest absolute Gasteiger partial charge is 0.483 e. The topological polar surface area (TPSA) is 66.0 Å². The van der Waals surface area contributed by atoms with Crippen LogP contribution in [0.2, 0.25) is 0 Å². The van der Waals surface area contributed by atoms with Crippen LogP contribution in [0.1, 0.15) is 16.8 Å². The molecular weight excluding hydrogens is 261 g/mol. The first-order chi connectivity index (χ1) is 8.97. The molecule has 7 heteroatoms. The Morgan fingerprint density at radius 3 is 2.21 bits per heavy atom. The first-order valence-electron chi connectivity index (χ1n) is 5.29. The third kappa shape index (κ3) is 2.75. The summed E-state index contributed by atoms with van der Waals surface area (Å²) in [7, 11) is 0. The molecule has 1 aliphatic rings. The van der Waals surface area contributed by atoms with E-state index in [4.69, 9.17) is 9.90 Å². The molecule has 1 heterocycles. The van der Waals surface area contributed by atoms with Crippen molar-refractivity contribution in [2.24, 2.45) is 0 Å². The fourth-order valence-electron chi connectivity index (χ4n) is 1.71. The molecular formula is C12H9F3N2O2. The number of hydrogen-bond acceptors (Lipinski definition) is 2. The fraction of sp³-hybridized carbons (Fsp3) is 0.167. The minimum absolute atomic E-state index is 0.250. The van der Waals surface area contributed by atoms with Crippen molar-refractivity contribution in [1.29, 1.82) is 0 Å². The number of carboxylic acid groups (broad SMARTS) is 1. The van der Waals surface area contributed by atoms with Crippen molar-refractivity contribution >= 4 is 6.47 Å². The quantitative estimate of drug-likeness (QED) is 0.668. The highest BCUT2D eigenvalue weighted by Gasteiger charge is 2.31. The zero-order chi connectivity index (χ0) is 14.0. The SMILES string of the molecule is FC(F)(F)c1ccc(-c2n[nH]c3c2C3)cc1.O=CO. The Hall–Kier alpha value is -2.31. The minimum atomic E-state index is -4.28. The number of fused-ring (bicyclic) bond motifs is 1. The van der Waals surface area contributed by atoms with Crippen LogP contribution in [0.5, 0.6) is 0 Å². The molecule has 0 saturated carbocycles. The first-order valence-corrected chi connectivity index (χ1v) is 5.29. The van der Waals surface area contributed by atoms with Gasteiger partial charge in [0.25, 0.3) is 6.47 Å². The summed E-state index contributed by atoms with van der Waals surface area (Å²) in [5.74, 6) is 0. The Bertz CT molecular complexity index is 588. The van der Waals surface area contributed by atoms with Crippen molar-refractivity contribution < 1.29 is 23.1 Å². The molecule has 0 amide bonds. The zero-order valence-electron chi connectivity index (χ0n) is 9.53. The summed E-state index contributed by atoms with van der Waals surface area (Å²) in [5, 5.41) is 13.8. The van der Waals surface area contributed by atoms with Crippen LogP contribution in [-0.2, 0) is 17.4 Å². The van der Waals surface area contributed by atoms with E-state index < -0.39 is 11.7 Å². The molecule has 4 nitrogen and oxygen atoms in total. The van der Waals surface area contributed by atoms with Crippen LogP contribution >= 0.6 is 0 Å². The maximum atomic E-state index is 12.3. The number of rotatable bonds is 1. The van der Waals surface area contributed by atoms with E-state index in [9.17, 15) is 13.2 Å². The number of nitrogens with one attached hydrogen (secondary N) is 1. The number of aromatic nitrogens is 2. The van der Waals surface area contributed by atoms with E-state index in [0.717, 1.165) is 41.1 Å². The molecule has 1 aromatic carbocycles. The van der Waals surface area contributed by atoms with Gasteiger partial charge >= 0.3 is 6.18 Å². The molecule has 0 bridgehead atoms. The van der Waals surface area contributed by atoms with E-state index in [-0.39, 0.29) is 6.47 Å². The molecule has 0 aliphatic heterocycles. The standard InChI is InChI=1S/C11H7F3N2.CH2O2/c12-11(13,14)7-3-1-6(2-4-7)10-8-5-9(8)15-16-10;2-1-3/h1-4H,5H2,(H,15,16);1H,(H,2,3). The van der Waals surface area contributed by atoms with Gasteiger partial charge in [-0.2, -0.15) is 18.3 Å². The molecule has 2 aromatic rings. The van der Waals surface area contributed by atoms with Crippen molar-refractivity contribution in [2.45, 2.75) is 12.6 Å². The summed E-state index contributed by atoms with van der Waals surface area (Å²) in [5.41, 5.74) is 3.05. The van der Waals surface area contributed by atoms with E-state index >= 15 is 0 Å². The Morgan fingerprint density at radius 1 is 1.26 bits per heavy atom. The Labute approximate surface area is 105 Å². The summed E-state index contributed by atoms with van der Waals surface area (Å²) in [4.78, 5) is 8.36. The van der Waals surface area contributed by atoms with Gasteiger partial charge in [-0.3, -0.25) is 9.89 Å². The Morgan fingerprint density at radius 2 is 1.84 bits per heavy atom. The van der Waals surface area contributed by atoms with Gasteiger partial charge in [0.15, 0.2) is 0 Å².